The second-order valence-corrected chi connectivity index (χ2v) is 7.45. The predicted octanol–water partition coefficient (Wildman–Crippen LogP) is 1.59. The molecule has 0 saturated heterocycles. The summed E-state index contributed by atoms with van der Waals surface area (Å²) in [7, 11) is -2.80. The lowest BCUT2D eigenvalue weighted by molar-refractivity contribution is 0.313. The van der Waals surface area contributed by atoms with Gasteiger partial charge in [-0.25, -0.2) is 8.42 Å². The van der Waals surface area contributed by atoms with Gasteiger partial charge in [0.25, 0.3) is 0 Å². The Morgan fingerprint density at radius 3 is 2.67 bits per heavy atom. The average Bonchev–Trinajstić information content (AvgIpc) is 2.45. The van der Waals surface area contributed by atoms with E-state index in [1.807, 2.05) is 0 Å². The van der Waals surface area contributed by atoms with Crippen LogP contribution in [0.2, 0.25) is 0 Å². The summed E-state index contributed by atoms with van der Waals surface area (Å²) >= 11 is 0. The summed E-state index contributed by atoms with van der Waals surface area (Å²) in [6, 6.07) is 0.597. The topological polar surface area (TPSA) is 46.2 Å². The van der Waals surface area contributed by atoms with Gasteiger partial charge in [-0.2, -0.15) is 0 Å². The van der Waals surface area contributed by atoms with E-state index in [0.29, 0.717) is 11.8 Å². The van der Waals surface area contributed by atoms with Crippen LogP contribution in [0.3, 0.4) is 0 Å². The highest BCUT2D eigenvalue weighted by molar-refractivity contribution is 7.90. The van der Waals surface area contributed by atoms with Gasteiger partial charge in [-0.15, -0.1) is 0 Å². The zero-order chi connectivity index (χ0) is 11.5. The van der Waals surface area contributed by atoms with Crippen LogP contribution in [0, 0.1) is 5.41 Å². The second-order valence-electron chi connectivity index (χ2n) is 5.19. The van der Waals surface area contributed by atoms with Gasteiger partial charge in [-0.05, 0) is 37.6 Å². The summed E-state index contributed by atoms with van der Waals surface area (Å²) < 4.78 is 22.2. The van der Waals surface area contributed by atoms with Crippen LogP contribution < -0.4 is 5.32 Å². The van der Waals surface area contributed by atoms with Crippen LogP contribution in [0.5, 0.6) is 0 Å². The first-order chi connectivity index (χ1) is 6.85. The van der Waals surface area contributed by atoms with Gasteiger partial charge in [0.2, 0.25) is 0 Å². The van der Waals surface area contributed by atoms with Gasteiger partial charge >= 0.3 is 0 Å². The first-order valence-electron chi connectivity index (χ1n) is 5.76. The van der Waals surface area contributed by atoms with E-state index in [2.05, 4.69) is 19.2 Å². The molecule has 1 aliphatic rings. The maximum absolute atomic E-state index is 11.1. The van der Waals surface area contributed by atoms with Crippen molar-refractivity contribution < 1.29 is 8.42 Å². The Labute approximate surface area is 93.6 Å². The number of hydrogen-bond donors (Lipinski definition) is 1. The van der Waals surface area contributed by atoms with Crippen molar-refractivity contribution in [1.29, 1.82) is 0 Å². The largest absolute Gasteiger partial charge is 0.314 e. The number of sulfone groups is 1. The predicted molar refractivity (Wildman–Crippen MR) is 63.8 cm³/mol. The molecule has 2 atom stereocenters. The average molecular weight is 233 g/mol. The molecule has 3 nitrogen and oxygen atoms in total. The van der Waals surface area contributed by atoms with Crippen LogP contribution in [0.1, 0.15) is 39.5 Å². The minimum atomic E-state index is -2.80. The summed E-state index contributed by atoms with van der Waals surface area (Å²) in [5.74, 6) is 0.336. The lowest BCUT2D eigenvalue weighted by atomic mass is 9.86. The van der Waals surface area contributed by atoms with E-state index >= 15 is 0 Å². The lowest BCUT2D eigenvalue weighted by Crippen LogP contribution is -2.28. The number of rotatable bonds is 5. The van der Waals surface area contributed by atoms with Crippen LogP contribution in [-0.2, 0) is 9.84 Å². The minimum absolute atomic E-state index is 0.232. The highest BCUT2D eigenvalue weighted by atomic mass is 32.2. The molecule has 4 heteroatoms. The van der Waals surface area contributed by atoms with Gasteiger partial charge in [0.05, 0.1) is 5.75 Å². The minimum Gasteiger partial charge on any atom is -0.314 e. The molecule has 15 heavy (non-hydrogen) atoms. The van der Waals surface area contributed by atoms with Crippen molar-refractivity contribution >= 4 is 9.84 Å². The standard InChI is InChI=1S/C11H23NO2S/c1-4-12-10-5-6-11(2,9-10)7-8-15(3,13)14/h10,12H,4-9H2,1-3H3. The molecule has 90 valence electrons. The summed E-state index contributed by atoms with van der Waals surface area (Å²) in [5, 5.41) is 3.45. The fourth-order valence-corrected chi connectivity index (χ4v) is 3.31. The normalized spacial score (nSPS) is 32.1. The third-order valence-corrected chi connectivity index (χ3v) is 4.35. The number of hydrogen-bond acceptors (Lipinski definition) is 3. The molecule has 0 aromatic rings. The van der Waals surface area contributed by atoms with E-state index in [1.54, 1.807) is 0 Å². The van der Waals surface area contributed by atoms with Crippen LogP contribution in [0.15, 0.2) is 0 Å². The first kappa shape index (κ1) is 13.0. The van der Waals surface area contributed by atoms with Crippen molar-refractivity contribution in [2.45, 2.75) is 45.6 Å². The molecular formula is C11H23NO2S. The van der Waals surface area contributed by atoms with Crippen molar-refractivity contribution in [3.8, 4) is 0 Å². The summed E-state index contributed by atoms with van der Waals surface area (Å²) in [6.45, 7) is 5.34. The van der Waals surface area contributed by atoms with Gasteiger partial charge in [0.15, 0.2) is 0 Å². The Morgan fingerprint density at radius 2 is 2.13 bits per heavy atom. The van der Waals surface area contributed by atoms with Gasteiger partial charge < -0.3 is 5.32 Å². The van der Waals surface area contributed by atoms with Crippen molar-refractivity contribution in [3.05, 3.63) is 0 Å². The van der Waals surface area contributed by atoms with Crippen molar-refractivity contribution in [2.75, 3.05) is 18.6 Å². The fraction of sp³-hybridized carbons (Fsp3) is 1.00. The molecule has 0 aromatic heterocycles. The molecule has 1 fully saturated rings. The van der Waals surface area contributed by atoms with E-state index in [9.17, 15) is 8.42 Å². The van der Waals surface area contributed by atoms with Crippen LogP contribution in [-0.4, -0.2) is 33.0 Å². The third kappa shape index (κ3) is 4.51. The monoisotopic (exact) mass is 233 g/mol. The molecule has 1 rings (SSSR count). The van der Waals surface area contributed by atoms with Crippen LogP contribution in [0.4, 0.5) is 0 Å². The van der Waals surface area contributed by atoms with E-state index in [4.69, 9.17) is 0 Å². The lowest BCUT2D eigenvalue weighted by Gasteiger charge is -2.23. The summed E-state index contributed by atoms with van der Waals surface area (Å²) in [6.07, 6.45) is 5.60. The molecule has 1 N–H and O–H groups in total. The molecule has 0 radical (unpaired) electrons. The Morgan fingerprint density at radius 1 is 1.47 bits per heavy atom. The molecule has 1 aliphatic carbocycles. The Bertz CT molecular complexity index is 300. The molecule has 0 heterocycles. The highest BCUT2D eigenvalue weighted by Crippen LogP contribution is 2.40. The zero-order valence-electron chi connectivity index (χ0n) is 10.0. The van der Waals surface area contributed by atoms with Crippen molar-refractivity contribution in [2.24, 2.45) is 5.41 Å². The van der Waals surface area contributed by atoms with Crippen LogP contribution in [0.25, 0.3) is 0 Å². The van der Waals surface area contributed by atoms with Gasteiger partial charge in [0, 0.05) is 12.3 Å². The molecule has 0 aliphatic heterocycles. The summed E-state index contributed by atoms with van der Waals surface area (Å²) in [5.41, 5.74) is 0.232. The maximum Gasteiger partial charge on any atom is 0.147 e. The smallest absolute Gasteiger partial charge is 0.147 e. The summed E-state index contributed by atoms with van der Waals surface area (Å²) in [4.78, 5) is 0. The molecule has 0 aromatic carbocycles. The molecule has 0 spiro atoms. The quantitative estimate of drug-likeness (QED) is 0.784. The van der Waals surface area contributed by atoms with Crippen molar-refractivity contribution in [1.82, 2.24) is 5.32 Å². The highest BCUT2D eigenvalue weighted by Gasteiger charge is 2.34. The molecule has 2 unspecified atom stereocenters. The second kappa shape index (κ2) is 4.83. The first-order valence-corrected chi connectivity index (χ1v) is 7.82. The zero-order valence-corrected chi connectivity index (χ0v) is 10.9. The fourth-order valence-electron chi connectivity index (χ4n) is 2.44. The number of nitrogens with one attached hydrogen (secondary N) is 1. The van der Waals surface area contributed by atoms with E-state index in [1.165, 1.54) is 12.7 Å². The molecular weight excluding hydrogens is 210 g/mol. The third-order valence-electron chi connectivity index (χ3n) is 3.40. The molecule has 0 bridgehead atoms. The Kier molecular flexibility index (Phi) is 4.18. The van der Waals surface area contributed by atoms with Crippen molar-refractivity contribution in [3.63, 3.8) is 0 Å². The Hall–Kier alpha value is -0.0900. The SMILES string of the molecule is CCNC1CCC(C)(CCS(C)(=O)=O)C1. The molecule has 0 amide bonds. The van der Waals surface area contributed by atoms with Gasteiger partial charge in [-0.3, -0.25) is 0 Å². The van der Waals surface area contributed by atoms with Gasteiger partial charge in [-0.1, -0.05) is 13.8 Å². The molecule has 1 saturated carbocycles. The van der Waals surface area contributed by atoms with E-state index in [-0.39, 0.29) is 5.41 Å². The van der Waals surface area contributed by atoms with Gasteiger partial charge in [0.1, 0.15) is 9.84 Å². The van der Waals surface area contributed by atoms with E-state index < -0.39 is 9.84 Å². The van der Waals surface area contributed by atoms with E-state index in [0.717, 1.165) is 25.8 Å². The van der Waals surface area contributed by atoms with Crippen LogP contribution >= 0.6 is 0 Å². The Balaban J connectivity index is 2.42. The maximum atomic E-state index is 11.1.